The molecule has 1 aromatic carbocycles. The molecule has 1 unspecified atom stereocenters. The van der Waals surface area contributed by atoms with Gasteiger partial charge in [-0.15, -0.1) is 13.2 Å². The number of carboxylic acids is 1. The molecule has 0 heterocycles. The maximum Gasteiger partial charge on any atom is 0.573 e. The summed E-state index contributed by atoms with van der Waals surface area (Å²) in [6, 6.07) is 3.90. The summed E-state index contributed by atoms with van der Waals surface area (Å²) in [7, 11) is 3.05. The molecule has 0 aliphatic heterocycles. The molecular weight excluding hydrogens is 251 g/mol. The van der Waals surface area contributed by atoms with Crippen LogP contribution in [-0.2, 0) is 4.79 Å². The van der Waals surface area contributed by atoms with E-state index in [2.05, 4.69) is 4.74 Å². The Kier molecular flexibility index (Phi) is 4.18. The van der Waals surface area contributed by atoms with Crippen molar-refractivity contribution in [3.05, 3.63) is 29.8 Å². The molecule has 18 heavy (non-hydrogen) atoms. The smallest absolute Gasteiger partial charge is 0.480 e. The number of benzene rings is 1. The minimum atomic E-state index is -4.80. The maximum atomic E-state index is 12.0. The van der Waals surface area contributed by atoms with Crippen molar-refractivity contribution in [3.63, 3.8) is 0 Å². The lowest BCUT2D eigenvalue weighted by Crippen LogP contribution is -2.27. The summed E-state index contributed by atoms with van der Waals surface area (Å²) < 4.78 is 39.9. The van der Waals surface area contributed by atoms with Crippen molar-refractivity contribution in [3.8, 4) is 5.75 Å². The highest BCUT2D eigenvalue weighted by molar-refractivity contribution is 5.75. The SMILES string of the molecule is CN(C)C(C(=O)O)c1cccc(OC(F)(F)F)c1. The van der Waals surface area contributed by atoms with Crippen LogP contribution < -0.4 is 4.74 Å². The van der Waals surface area contributed by atoms with E-state index in [-0.39, 0.29) is 5.56 Å². The van der Waals surface area contributed by atoms with Crippen LogP contribution >= 0.6 is 0 Å². The molecule has 7 heteroatoms. The lowest BCUT2D eigenvalue weighted by Gasteiger charge is -2.21. The molecule has 0 aliphatic carbocycles. The summed E-state index contributed by atoms with van der Waals surface area (Å²) in [6.45, 7) is 0. The van der Waals surface area contributed by atoms with Gasteiger partial charge < -0.3 is 9.84 Å². The molecule has 0 aromatic heterocycles. The maximum absolute atomic E-state index is 12.0. The van der Waals surface area contributed by atoms with E-state index in [1.165, 1.54) is 31.1 Å². The van der Waals surface area contributed by atoms with Gasteiger partial charge in [0, 0.05) is 0 Å². The molecule has 100 valence electrons. The van der Waals surface area contributed by atoms with Crippen molar-refractivity contribution in [1.82, 2.24) is 4.90 Å². The Bertz CT molecular complexity index is 432. The second-order valence-electron chi connectivity index (χ2n) is 3.82. The van der Waals surface area contributed by atoms with Crippen LogP contribution in [0.15, 0.2) is 24.3 Å². The van der Waals surface area contributed by atoms with Gasteiger partial charge in [-0.1, -0.05) is 12.1 Å². The highest BCUT2D eigenvalue weighted by atomic mass is 19.4. The zero-order valence-electron chi connectivity index (χ0n) is 9.73. The largest absolute Gasteiger partial charge is 0.573 e. The van der Waals surface area contributed by atoms with Crippen molar-refractivity contribution < 1.29 is 27.8 Å². The number of alkyl halides is 3. The van der Waals surface area contributed by atoms with Crippen LogP contribution in [0.25, 0.3) is 0 Å². The van der Waals surface area contributed by atoms with Crippen LogP contribution in [0.3, 0.4) is 0 Å². The predicted molar refractivity (Wildman–Crippen MR) is 57.2 cm³/mol. The van der Waals surface area contributed by atoms with Gasteiger partial charge in [0.1, 0.15) is 11.8 Å². The van der Waals surface area contributed by atoms with Gasteiger partial charge in [-0.25, -0.2) is 0 Å². The lowest BCUT2D eigenvalue weighted by atomic mass is 10.1. The van der Waals surface area contributed by atoms with Gasteiger partial charge in [-0.2, -0.15) is 0 Å². The molecule has 0 aliphatic rings. The molecule has 1 rings (SSSR count). The van der Waals surface area contributed by atoms with Crippen molar-refractivity contribution >= 4 is 5.97 Å². The average molecular weight is 263 g/mol. The zero-order valence-corrected chi connectivity index (χ0v) is 9.73. The van der Waals surface area contributed by atoms with Gasteiger partial charge in [0.2, 0.25) is 0 Å². The fourth-order valence-electron chi connectivity index (χ4n) is 1.54. The molecule has 4 nitrogen and oxygen atoms in total. The van der Waals surface area contributed by atoms with Crippen molar-refractivity contribution in [1.29, 1.82) is 0 Å². The first-order valence-corrected chi connectivity index (χ1v) is 4.95. The predicted octanol–water partition coefficient (Wildman–Crippen LogP) is 2.27. The van der Waals surface area contributed by atoms with E-state index in [1.54, 1.807) is 0 Å². The second kappa shape index (κ2) is 5.26. The Morgan fingerprint density at radius 3 is 2.44 bits per heavy atom. The molecule has 0 bridgehead atoms. The number of ether oxygens (including phenoxy) is 1. The van der Waals surface area contributed by atoms with Crippen LogP contribution in [0, 0.1) is 0 Å². The van der Waals surface area contributed by atoms with Crippen LogP contribution in [0.2, 0.25) is 0 Å². The monoisotopic (exact) mass is 263 g/mol. The molecular formula is C11H12F3NO3. The van der Waals surface area contributed by atoms with E-state index in [0.717, 1.165) is 12.1 Å². The van der Waals surface area contributed by atoms with Crippen molar-refractivity contribution in [2.75, 3.05) is 14.1 Å². The summed E-state index contributed by atoms with van der Waals surface area (Å²) in [6.07, 6.45) is -4.80. The third-order valence-electron chi connectivity index (χ3n) is 2.16. The first-order chi connectivity index (χ1) is 8.20. The summed E-state index contributed by atoms with van der Waals surface area (Å²) in [5.41, 5.74) is 0.217. The van der Waals surface area contributed by atoms with E-state index in [9.17, 15) is 18.0 Å². The van der Waals surface area contributed by atoms with Gasteiger partial charge in [0.05, 0.1) is 0 Å². The molecule has 1 atom stereocenters. The number of rotatable bonds is 4. The topological polar surface area (TPSA) is 49.8 Å². The normalized spacial score (nSPS) is 13.4. The Hall–Kier alpha value is -1.76. The number of carbonyl (C=O) groups is 1. The highest BCUT2D eigenvalue weighted by Crippen LogP contribution is 2.27. The summed E-state index contributed by atoms with van der Waals surface area (Å²) >= 11 is 0. The first-order valence-electron chi connectivity index (χ1n) is 4.95. The Balaban J connectivity index is 3.03. The fraction of sp³-hybridized carbons (Fsp3) is 0.364. The fourth-order valence-corrected chi connectivity index (χ4v) is 1.54. The number of hydrogen-bond donors (Lipinski definition) is 1. The summed E-state index contributed by atoms with van der Waals surface area (Å²) in [5, 5.41) is 9.02. The van der Waals surface area contributed by atoms with Crippen LogP contribution in [-0.4, -0.2) is 36.4 Å². The molecule has 1 aromatic rings. The minimum absolute atomic E-state index is 0.217. The third kappa shape index (κ3) is 3.92. The third-order valence-corrected chi connectivity index (χ3v) is 2.16. The molecule has 0 saturated carbocycles. The molecule has 0 fully saturated rings. The summed E-state index contributed by atoms with van der Waals surface area (Å²) in [5.74, 6) is -1.59. The molecule has 1 N–H and O–H groups in total. The van der Waals surface area contributed by atoms with Gasteiger partial charge in [-0.3, -0.25) is 9.69 Å². The van der Waals surface area contributed by atoms with Gasteiger partial charge in [0.15, 0.2) is 0 Å². The average Bonchev–Trinajstić information content (AvgIpc) is 2.13. The molecule has 0 spiro atoms. The Labute approximate surface area is 102 Å². The quantitative estimate of drug-likeness (QED) is 0.905. The van der Waals surface area contributed by atoms with E-state index >= 15 is 0 Å². The number of hydrogen-bond acceptors (Lipinski definition) is 3. The Morgan fingerprint density at radius 2 is 2.00 bits per heavy atom. The number of nitrogens with zero attached hydrogens (tertiary/aromatic N) is 1. The standard InChI is InChI=1S/C11H12F3NO3/c1-15(2)9(10(16)17)7-4-3-5-8(6-7)18-11(12,13)14/h3-6,9H,1-2H3,(H,16,17). The highest BCUT2D eigenvalue weighted by Gasteiger charge is 2.31. The number of aliphatic carboxylic acids is 1. The van der Waals surface area contributed by atoms with Crippen LogP contribution in [0.1, 0.15) is 11.6 Å². The van der Waals surface area contributed by atoms with Crippen LogP contribution in [0.4, 0.5) is 13.2 Å². The van der Waals surface area contributed by atoms with E-state index in [0.29, 0.717) is 0 Å². The lowest BCUT2D eigenvalue weighted by molar-refractivity contribution is -0.274. The number of likely N-dealkylation sites (N-methyl/N-ethyl adjacent to an activating group) is 1. The number of halogens is 3. The zero-order chi connectivity index (χ0) is 13.9. The van der Waals surface area contributed by atoms with Gasteiger partial charge >= 0.3 is 12.3 Å². The molecule has 0 radical (unpaired) electrons. The molecule has 0 amide bonds. The van der Waals surface area contributed by atoms with Crippen LogP contribution in [0.5, 0.6) is 5.75 Å². The van der Waals surface area contributed by atoms with E-state index in [1.807, 2.05) is 0 Å². The van der Waals surface area contributed by atoms with Crippen molar-refractivity contribution in [2.45, 2.75) is 12.4 Å². The molecule has 0 saturated heterocycles. The second-order valence-corrected chi connectivity index (χ2v) is 3.82. The van der Waals surface area contributed by atoms with Gasteiger partial charge in [-0.05, 0) is 31.8 Å². The van der Waals surface area contributed by atoms with Crippen molar-refractivity contribution in [2.24, 2.45) is 0 Å². The van der Waals surface area contributed by atoms with Gasteiger partial charge in [0.25, 0.3) is 0 Å². The summed E-state index contributed by atoms with van der Waals surface area (Å²) in [4.78, 5) is 12.4. The Morgan fingerprint density at radius 1 is 1.39 bits per heavy atom. The van der Waals surface area contributed by atoms with E-state index in [4.69, 9.17) is 5.11 Å². The van der Waals surface area contributed by atoms with E-state index < -0.39 is 24.1 Å². The first kappa shape index (κ1) is 14.3. The minimum Gasteiger partial charge on any atom is -0.480 e. The number of carboxylic acid groups (broad SMARTS) is 1.